The molecule has 2 atom stereocenters. The van der Waals surface area contributed by atoms with Crippen LogP contribution in [0.3, 0.4) is 0 Å². The Hall–Kier alpha value is -4.76. The molecule has 0 bridgehead atoms. The number of aryl methyl sites for hydroxylation is 1. The van der Waals surface area contributed by atoms with Crippen LogP contribution in [0.5, 0.6) is 0 Å². The van der Waals surface area contributed by atoms with E-state index in [1.807, 2.05) is 19.1 Å². The van der Waals surface area contributed by atoms with E-state index in [0.29, 0.717) is 16.8 Å². The van der Waals surface area contributed by atoms with Gasteiger partial charge in [-0.3, -0.25) is 19.3 Å². The SMILES string of the molecule is C#Cc1ccc(C(C(=O)Nc2ccccc2C)N(C#C)C(=O)C(CC(N)=O)NC(=O)OC(C)(C)C)cc1. The molecule has 2 unspecified atom stereocenters. The van der Waals surface area contributed by atoms with E-state index in [0.717, 1.165) is 10.5 Å². The first kappa shape index (κ1) is 28.5. The van der Waals surface area contributed by atoms with Crippen LogP contribution < -0.4 is 16.4 Å². The lowest BCUT2D eigenvalue weighted by Gasteiger charge is -2.30. The molecule has 0 aromatic heterocycles. The summed E-state index contributed by atoms with van der Waals surface area (Å²) in [5, 5.41) is 5.12. The number of amides is 4. The molecule has 0 aliphatic carbocycles. The molecule has 2 rings (SSSR count). The van der Waals surface area contributed by atoms with Gasteiger partial charge in [-0.15, -0.1) is 6.42 Å². The maximum Gasteiger partial charge on any atom is 0.408 e. The average molecular weight is 503 g/mol. The first-order chi connectivity index (χ1) is 17.4. The molecule has 0 saturated carbocycles. The van der Waals surface area contributed by atoms with Crippen LogP contribution in [0.15, 0.2) is 48.5 Å². The van der Waals surface area contributed by atoms with Crippen LogP contribution in [-0.4, -0.2) is 40.4 Å². The van der Waals surface area contributed by atoms with Gasteiger partial charge in [-0.25, -0.2) is 4.79 Å². The lowest BCUT2D eigenvalue weighted by Crippen LogP contribution is -2.52. The molecule has 0 aliphatic heterocycles. The highest BCUT2D eigenvalue weighted by Crippen LogP contribution is 2.25. The third-order valence-electron chi connectivity index (χ3n) is 5.07. The number of ether oxygens (including phenoxy) is 1. The number of carbonyl (C=O) groups is 4. The van der Waals surface area contributed by atoms with Gasteiger partial charge in [-0.1, -0.05) is 42.7 Å². The third kappa shape index (κ3) is 8.15. The standard InChI is InChI=1S/C28H30N4O5/c1-7-19-13-15-20(16-14-19)24(25(34)30-21-12-10-9-11-18(21)3)32(8-2)26(35)22(17-23(29)33)31-27(36)37-28(4,5)6/h1-2,9-16,22,24H,17H2,3-6H3,(H2,29,33)(H,30,34)(H,31,36). The summed E-state index contributed by atoms with van der Waals surface area (Å²) in [5.74, 6) is 0.0860. The molecule has 2 aromatic rings. The van der Waals surface area contributed by atoms with Crippen LogP contribution in [0.25, 0.3) is 0 Å². The molecular formula is C28H30N4O5. The van der Waals surface area contributed by atoms with Crippen molar-refractivity contribution in [3.8, 4) is 24.8 Å². The van der Waals surface area contributed by atoms with Crippen LogP contribution in [-0.2, 0) is 19.1 Å². The van der Waals surface area contributed by atoms with E-state index in [-0.39, 0.29) is 0 Å². The molecule has 0 heterocycles. The molecule has 0 fully saturated rings. The van der Waals surface area contributed by atoms with Crippen LogP contribution in [0.1, 0.15) is 49.9 Å². The number of terminal acetylenes is 2. The topological polar surface area (TPSA) is 131 Å². The van der Waals surface area contributed by atoms with Gasteiger partial charge in [-0.2, -0.15) is 0 Å². The predicted molar refractivity (Wildman–Crippen MR) is 140 cm³/mol. The molecule has 2 aromatic carbocycles. The van der Waals surface area contributed by atoms with Gasteiger partial charge in [0, 0.05) is 17.3 Å². The Morgan fingerprint density at radius 3 is 2.19 bits per heavy atom. The van der Waals surface area contributed by atoms with Crippen molar-refractivity contribution in [3.05, 3.63) is 65.2 Å². The third-order valence-corrected chi connectivity index (χ3v) is 5.07. The van der Waals surface area contributed by atoms with E-state index in [1.54, 1.807) is 57.2 Å². The molecule has 4 amide bonds. The zero-order chi connectivity index (χ0) is 27.8. The Morgan fingerprint density at radius 2 is 1.68 bits per heavy atom. The van der Waals surface area contributed by atoms with Gasteiger partial charge in [-0.05, 0) is 57.0 Å². The zero-order valence-electron chi connectivity index (χ0n) is 21.2. The number of benzene rings is 2. The molecule has 0 saturated heterocycles. The van der Waals surface area contributed by atoms with Crippen molar-refractivity contribution >= 4 is 29.5 Å². The highest BCUT2D eigenvalue weighted by molar-refractivity contribution is 6.00. The lowest BCUT2D eigenvalue weighted by atomic mass is 10.0. The summed E-state index contributed by atoms with van der Waals surface area (Å²) in [6.45, 7) is 6.72. The van der Waals surface area contributed by atoms with Crippen molar-refractivity contribution in [1.82, 2.24) is 10.2 Å². The molecule has 37 heavy (non-hydrogen) atoms. The second-order valence-corrected chi connectivity index (χ2v) is 9.18. The Kier molecular flexibility index (Phi) is 9.45. The fraction of sp³-hybridized carbons (Fsp3) is 0.286. The summed E-state index contributed by atoms with van der Waals surface area (Å²) in [7, 11) is 0. The largest absolute Gasteiger partial charge is 0.444 e. The number of nitrogens with zero attached hydrogens (tertiary/aromatic N) is 1. The summed E-state index contributed by atoms with van der Waals surface area (Å²) in [4.78, 5) is 52.0. The average Bonchev–Trinajstić information content (AvgIpc) is 2.81. The van der Waals surface area contributed by atoms with Crippen LogP contribution in [0, 0.1) is 31.7 Å². The lowest BCUT2D eigenvalue weighted by molar-refractivity contribution is -0.138. The van der Waals surface area contributed by atoms with Crippen LogP contribution in [0.4, 0.5) is 10.5 Å². The highest BCUT2D eigenvalue weighted by atomic mass is 16.6. The Morgan fingerprint density at radius 1 is 1.05 bits per heavy atom. The number of hydrogen-bond donors (Lipinski definition) is 3. The fourth-order valence-corrected chi connectivity index (χ4v) is 3.38. The van der Waals surface area contributed by atoms with Crippen molar-refractivity contribution in [2.24, 2.45) is 5.73 Å². The Bertz CT molecular complexity index is 1250. The second kappa shape index (κ2) is 12.3. The van der Waals surface area contributed by atoms with Gasteiger partial charge in [0.1, 0.15) is 17.7 Å². The number of primary amides is 1. The number of rotatable bonds is 8. The number of nitrogens with one attached hydrogen (secondary N) is 2. The first-order valence-corrected chi connectivity index (χ1v) is 11.4. The maximum atomic E-state index is 13.6. The number of alkyl carbamates (subject to hydrolysis) is 1. The molecule has 192 valence electrons. The highest BCUT2D eigenvalue weighted by Gasteiger charge is 2.36. The number of hydrogen-bond acceptors (Lipinski definition) is 5. The predicted octanol–water partition coefficient (Wildman–Crippen LogP) is 2.84. The van der Waals surface area contributed by atoms with Crippen molar-refractivity contribution in [2.45, 2.75) is 51.8 Å². The summed E-state index contributed by atoms with van der Waals surface area (Å²) >= 11 is 0. The van der Waals surface area contributed by atoms with Gasteiger partial charge < -0.3 is 21.1 Å². The summed E-state index contributed by atoms with van der Waals surface area (Å²) in [6, 6.07) is 12.8. The van der Waals surface area contributed by atoms with Gasteiger partial charge >= 0.3 is 6.09 Å². The van der Waals surface area contributed by atoms with Crippen LogP contribution in [0.2, 0.25) is 0 Å². The minimum Gasteiger partial charge on any atom is -0.444 e. The molecule has 9 nitrogen and oxygen atoms in total. The second-order valence-electron chi connectivity index (χ2n) is 9.18. The summed E-state index contributed by atoms with van der Waals surface area (Å²) < 4.78 is 5.20. The Balaban J connectivity index is 2.49. The fourth-order valence-electron chi connectivity index (χ4n) is 3.38. The number of carbonyl (C=O) groups excluding carboxylic acids is 4. The minimum absolute atomic E-state index is 0.353. The monoisotopic (exact) mass is 502 g/mol. The first-order valence-electron chi connectivity index (χ1n) is 11.4. The summed E-state index contributed by atoms with van der Waals surface area (Å²) in [5.41, 5.74) is 6.66. The maximum absolute atomic E-state index is 13.6. The molecular weight excluding hydrogens is 472 g/mol. The number of nitrogens with two attached hydrogens (primary N) is 1. The van der Waals surface area contributed by atoms with E-state index in [1.165, 1.54) is 0 Å². The number of anilines is 1. The molecule has 0 aliphatic rings. The van der Waals surface area contributed by atoms with Crippen molar-refractivity contribution in [2.75, 3.05) is 5.32 Å². The normalized spacial score (nSPS) is 12.2. The van der Waals surface area contributed by atoms with Crippen LogP contribution >= 0.6 is 0 Å². The smallest absolute Gasteiger partial charge is 0.408 e. The Labute approximate surface area is 216 Å². The van der Waals surface area contributed by atoms with Gasteiger partial charge in [0.2, 0.25) is 5.91 Å². The molecule has 0 radical (unpaired) electrons. The molecule has 9 heteroatoms. The van der Waals surface area contributed by atoms with E-state index >= 15 is 0 Å². The van der Waals surface area contributed by atoms with Crippen molar-refractivity contribution < 1.29 is 23.9 Å². The van der Waals surface area contributed by atoms with Crippen molar-refractivity contribution in [1.29, 1.82) is 0 Å². The van der Waals surface area contributed by atoms with Crippen molar-refractivity contribution in [3.63, 3.8) is 0 Å². The van der Waals surface area contributed by atoms with Gasteiger partial charge in [0.25, 0.3) is 11.8 Å². The number of para-hydroxylation sites is 1. The molecule has 4 N–H and O–H groups in total. The summed E-state index contributed by atoms with van der Waals surface area (Å²) in [6.07, 6.45) is 9.63. The van der Waals surface area contributed by atoms with E-state index in [2.05, 4.69) is 22.6 Å². The molecule has 0 spiro atoms. The van der Waals surface area contributed by atoms with E-state index < -0.39 is 47.9 Å². The van der Waals surface area contributed by atoms with E-state index in [9.17, 15) is 19.2 Å². The quantitative estimate of drug-likeness (QED) is 0.377. The van der Waals surface area contributed by atoms with Gasteiger partial charge in [0.05, 0.1) is 6.42 Å². The minimum atomic E-state index is -1.48. The zero-order valence-corrected chi connectivity index (χ0v) is 21.2. The van der Waals surface area contributed by atoms with Gasteiger partial charge in [0.15, 0.2) is 0 Å². The van der Waals surface area contributed by atoms with E-state index in [4.69, 9.17) is 23.3 Å².